The van der Waals surface area contributed by atoms with Crippen molar-refractivity contribution in [3.05, 3.63) is 42.0 Å². The lowest BCUT2D eigenvalue weighted by Crippen LogP contribution is -2.60. The smallest absolute Gasteiger partial charge is 0.231 e. The highest BCUT2D eigenvalue weighted by Gasteiger charge is 2.54. The first-order valence-electron chi connectivity index (χ1n) is 10.2. The van der Waals surface area contributed by atoms with E-state index in [-0.39, 0.29) is 5.91 Å². The largest absolute Gasteiger partial charge is 0.454 e. The second-order valence-corrected chi connectivity index (χ2v) is 8.37. The quantitative estimate of drug-likeness (QED) is 0.879. The number of aromatic nitrogens is 2. The lowest BCUT2D eigenvalue weighted by Gasteiger charge is -2.51. The van der Waals surface area contributed by atoms with Crippen molar-refractivity contribution in [3.8, 4) is 11.5 Å². The molecule has 0 unspecified atom stereocenters. The van der Waals surface area contributed by atoms with Gasteiger partial charge in [0.1, 0.15) is 0 Å². The number of amides is 1. The van der Waals surface area contributed by atoms with E-state index in [2.05, 4.69) is 31.9 Å². The van der Waals surface area contributed by atoms with Gasteiger partial charge in [-0.05, 0) is 49.5 Å². The summed E-state index contributed by atoms with van der Waals surface area (Å²) in [6.07, 6.45) is 6.17. The van der Waals surface area contributed by atoms with Crippen LogP contribution >= 0.6 is 0 Å². The summed E-state index contributed by atoms with van der Waals surface area (Å²) in [6.45, 7) is 3.36. The molecule has 2 bridgehead atoms. The third-order valence-corrected chi connectivity index (χ3v) is 7.04. The van der Waals surface area contributed by atoms with Gasteiger partial charge in [-0.2, -0.15) is 0 Å². The Morgan fingerprint density at radius 2 is 2.04 bits per heavy atom. The van der Waals surface area contributed by atoms with Crippen molar-refractivity contribution >= 4 is 5.91 Å². The van der Waals surface area contributed by atoms with Gasteiger partial charge >= 0.3 is 0 Å². The zero-order valence-electron chi connectivity index (χ0n) is 15.7. The predicted molar refractivity (Wildman–Crippen MR) is 101 cm³/mol. The van der Waals surface area contributed by atoms with Gasteiger partial charge in [0, 0.05) is 30.4 Å². The van der Waals surface area contributed by atoms with Crippen LogP contribution in [-0.2, 0) is 11.2 Å². The van der Waals surface area contributed by atoms with Crippen molar-refractivity contribution in [2.24, 2.45) is 5.92 Å². The van der Waals surface area contributed by atoms with Gasteiger partial charge in [0.15, 0.2) is 11.5 Å². The van der Waals surface area contributed by atoms with Crippen LogP contribution in [0.4, 0.5) is 0 Å². The molecule has 1 aromatic heterocycles. The number of carbonyl (C=O) groups excluding carboxylic acids is 1. The summed E-state index contributed by atoms with van der Waals surface area (Å²) in [7, 11) is 0. The van der Waals surface area contributed by atoms with E-state index in [1.54, 1.807) is 12.5 Å². The lowest BCUT2D eigenvalue weighted by molar-refractivity contribution is -0.135. The minimum Gasteiger partial charge on any atom is -0.454 e. The molecule has 4 fully saturated rings. The van der Waals surface area contributed by atoms with Gasteiger partial charge in [-0.25, -0.2) is 4.98 Å². The first-order valence-corrected chi connectivity index (χ1v) is 10.2. The fourth-order valence-electron chi connectivity index (χ4n) is 5.79. The summed E-state index contributed by atoms with van der Waals surface area (Å²) in [6, 6.07) is 7.00. The summed E-state index contributed by atoms with van der Waals surface area (Å²) < 4.78 is 11.1. The van der Waals surface area contributed by atoms with Crippen molar-refractivity contribution in [1.29, 1.82) is 0 Å². The standard InChI is InChI=1S/C21H24N4O3/c26-19(8-15-9-22-11-23-15)25-10-16(14-1-2-17-18(7-14)28-12-27-17)21-20(25)13-3-5-24(21)6-4-13/h1-2,7,9,11,13,16,20-21H,3-6,8,10,12H2,(H,22,23)/t16-,20+,21+/m1/s1. The van der Waals surface area contributed by atoms with Gasteiger partial charge in [0.25, 0.3) is 0 Å². The molecule has 28 heavy (non-hydrogen) atoms. The molecule has 1 aromatic carbocycles. The maximum Gasteiger partial charge on any atom is 0.231 e. The van der Waals surface area contributed by atoms with E-state index in [4.69, 9.17) is 9.47 Å². The van der Waals surface area contributed by atoms with E-state index in [1.165, 1.54) is 18.4 Å². The molecule has 4 saturated heterocycles. The lowest BCUT2D eigenvalue weighted by atomic mass is 9.75. The number of aromatic amines is 1. The molecule has 6 heterocycles. The van der Waals surface area contributed by atoms with E-state index < -0.39 is 0 Å². The number of fused-ring (bicyclic) bond motifs is 3. The Morgan fingerprint density at radius 3 is 2.86 bits per heavy atom. The minimum atomic E-state index is 0.205. The third kappa shape index (κ3) is 2.45. The molecule has 7 rings (SSSR count). The highest BCUT2D eigenvalue weighted by atomic mass is 16.7. The average Bonchev–Trinajstić information content (AvgIpc) is 3.47. The van der Waals surface area contributed by atoms with Crippen LogP contribution in [0.5, 0.6) is 11.5 Å². The maximum absolute atomic E-state index is 13.2. The van der Waals surface area contributed by atoms with Crippen LogP contribution in [-0.4, -0.2) is 64.2 Å². The number of likely N-dealkylation sites (tertiary alicyclic amines) is 1. The number of benzene rings is 1. The van der Waals surface area contributed by atoms with Crippen LogP contribution in [0.1, 0.15) is 30.0 Å². The van der Waals surface area contributed by atoms with Gasteiger partial charge in [0.05, 0.1) is 18.8 Å². The Morgan fingerprint density at radius 1 is 1.18 bits per heavy atom. The Kier molecular flexibility index (Phi) is 3.66. The average molecular weight is 380 g/mol. The van der Waals surface area contributed by atoms with E-state index in [0.717, 1.165) is 36.8 Å². The molecule has 7 heteroatoms. The van der Waals surface area contributed by atoms with Gasteiger partial charge < -0.3 is 19.4 Å². The number of nitrogens with zero attached hydrogens (tertiary/aromatic N) is 3. The Balaban J connectivity index is 1.34. The molecule has 0 aliphatic carbocycles. The van der Waals surface area contributed by atoms with Gasteiger partial charge in [-0.15, -0.1) is 0 Å². The molecule has 5 aliphatic rings. The van der Waals surface area contributed by atoms with Gasteiger partial charge in [0.2, 0.25) is 12.7 Å². The first-order chi connectivity index (χ1) is 13.8. The van der Waals surface area contributed by atoms with Gasteiger partial charge in [-0.1, -0.05) is 6.07 Å². The number of imidazole rings is 1. The first kappa shape index (κ1) is 16.4. The SMILES string of the molecule is O=C(Cc1cnc[nH]1)N1C[C@H](c2ccc3c(c2)OCO3)[C@H]2[C@@H]1C1CCN2CC1. The van der Waals surface area contributed by atoms with Crippen LogP contribution < -0.4 is 9.47 Å². The topological polar surface area (TPSA) is 70.7 Å². The summed E-state index contributed by atoms with van der Waals surface area (Å²) >= 11 is 0. The van der Waals surface area contributed by atoms with E-state index in [0.29, 0.717) is 37.1 Å². The highest BCUT2D eigenvalue weighted by Crippen LogP contribution is 2.48. The molecule has 2 aromatic rings. The Hall–Kier alpha value is -2.54. The molecular weight excluding hydrogens is 356 g/mol. The molecule has 1 amide bonds. The predicted octanol–water partition coefficient (Wildman–Crippen LogP) is 1.77. The van der Waals surface area contributed by atoms with E-state index in [9.17, 15) is 4.79 Å². The second-order valence-electron chi connectivity index (χ2n) is 8.37. The van der Waals surface area contributed by atoms with Crippen LogP contribution in [0.15, 0.2) is 30.7 Å². The normalized spacial score (nSPS) is 32.6. The molecule has 0 saturated carbocycles. The molecular formula is C21H24N4O3. The third-order valence-electron chi connectivity index (χ3n) is 7.04. The van der Waals surface area contributed by atoms with Crippen molar-refractivity contribution in [2.75, 3.05) is 26.4 Å². The molecule has 7 nitrogen and oxygen atoms in total. The number of ether oxygens (including phenoxy) is 2. The number of hydrogen-bond donors (Lipinski definition) is 1. The van der Waals surface area contributed by atoms with Crippen LogP contribution in [0.2, 0.25) is 0 Å². The zero-order valence-corrected chi connectivity index (χ0v) is 15.7. The summed E-state index contributed by atoms with van der Waals surface area (Å²) in [4.78, 5) is 25.1. The van der Waals surface area contributed by atoms with Crippen molar-refractivity contribution in [3.63, 3.8) is 0 Å². The number of carbonyl (C=O) groups is 1. The van der Waals surface area contributed by atoms with Crippen LogP contribution in [0.25, 0.3) is 0 Å². The number of nitrogens with one attached hydrogen (secondary N) is 1. The van der Waals surface area contributed by atoms with Crippen molar-refractivity contribution in [2.45, 2.75) is 37.3 Å². The van der Waals surface area contributed by atoms with Gasteiger partial charge in [-0.3, -0.25) is 9.69 Å². The minimum absolute atomic E-state index is 0.205. The number of H-pyrrole nitrogens is 1. The maximum atomic E-state index is 13.2. The molecule has 0 radical (unpaired) electrons. The molecule has 5 aliphatic heterocycles. The number of piperidine rings is 3. The fourth-order valence-corrected chi connectivity index (χ4v) is 5.79. The molecule has 1 N–H and O–H groups in total. The zero-order chi connectivity index (χ0) is 18.7. The Labute approximate surface area is 163 Å². The summed E-state index contributed by atoms with van der Waals surface area (Å²) in [5.74, 6) is 2.77. The van der Waals surface area contributed by atoms with Crippen molar-refractivity contribution < 1.29 is 14.3 Å². The van der Waals surface area contributed by atoms with E-state index >= 15 is 0 Å². The monoisotopic (exact) mass is 380 g/mol. The Bertz CT molecular complexity index is 891. The second kappa shape index (κ2) is 6.24. The van der Waals surface area contributed by atoms with Crippen LogP contribution in [0, 0.1) is 5.92 Å². The van der Waals surface area contributed by atoms with Crippen molar-refractivity contribution in [1.82, 2.24) is 19.8 Å². The van der Waals surface area contributed by atoms with Crippen LogP contribution in [0.3, 0.4) is 0 Å². The molecule has 0 spiro atoms. The summed E-state index contributed by atoms with van der Waals surface area (Å²) in [5, 5.41) is 0. The van der Waals surface area contributed by atoms with E-state index in [1.807, 2.05) is 6.07 Å². The number of hydrogen-bond acceptors (Lipinski definition) is 5. The molecule has 3 atom stereocenters. The fraction of sp³-hybridized carbons (Fsp3) is 0.524. The summed E-state index contributed by atoms with van der Waals surface area (Å²) in [5.41, 5.74) is 2.14. The number of rotatable bonds is 3. The molecule has 146 valence electrons. The highest BCUT2D eigenvalue weighted by molar-refractivity contribution is 5.79.